The Morgan fingerprint density at radius 2 is 1.20 bits per heavy atom. The van der Waals surface area contributed by atoms with Gasteiger partial charge >= 0.3 is 0 Å². The van der Waals surface area contributed by atoms with Crippen molar-refractivity contribution in [3.63, 3.8) is 0 Å². The van der Waals surface area contributed by atoms with Gasteiger partial charge in [-0.2, -0.15) is 0 Å². The van der Waals surface area contributed by atoms with Crippen molar-refractivity contribution >= 4 is 45.4 Å². The van der Waals surface area contributed by atoms with Crippen LogP contribution in [0, 0.1) is 0 Å². The van der Waals surface area contributed by atoms with E-state index in [1.165, 1.54) is 66.9 Å². The van der Waals surface area contributed by atoms with E-state index in [1.54, 1.807) is 0 Å². The molecule has 0 amide bonds. The monoisotopic (exact) mass is 593 g/mol. The van der Waals surface area contributed by atoms with Gasteiger partial charge in [-0.05, 0) is 110 Å². The Hall–Kier alpha value is -2.89. The molecule has 2 aliphatic rings. The number of H-pyrrole nitrogens is 1. The molecule has 5 heteroatoms. The van der Waals surface area contributed by atoms with Crippen molar-refractivity contribution in [2.24, 2.45) is 0 Å². The first-order valence-electron chi connectivity index (χ1n) is 15.7. The molecule has 41 heavy (non-hydrogen) atoms. The molecule has 5 rings (SSSR count). The number of nitrogens with one attached hydrogen (secondary N) is 1. The first-order valence-corrected chi connectivity index (χ1v) is 15.7. The summed E-state index contributed by atoms with van der Waals surface area (Å²) in [5.41, 5.74) is 19.3. The third-order valence-corrected chi connectivity index (χ3v) is 8.85. The molecule has 0 saturated heterocycles. The normalized spacial score (nSPS) is 12.8. The van der Waals surface area contributed by atoms with Gasteiger partial charge < -0.3 is 9.55 Å². The number of fused-ring (bicyclic) bond motifs is 8. The Labute approximate surface area is 256 Å². The van der Waals surface area contributed by atoms with Gasteiger partial charge in [-0.3, -0.25) is 0 Å². The molecular weight excluding hydrogens is 547 g/mol. The number of allylic oxidation sites excluding steroid dienone is 2. The summed E-state index contributed by atoms with van der Waals surface area (Å²) in [6.45, 7) is 19.2. The van der Waals surface area contributed by atoms with Crippen LogP contribution in [-0.2, 0) is 55.4 Å². The summed E-state index contributed by atoms with van der Waals surface area (Å²) in [6.07, 6.45) is 11.2. The van der Waals surface area contributed by atoms with Crippen molar-refractivity contribution in [3.8, 4) is 0 Å². The van der Waals surface area contributed by atoms with Gasteiger partial charge in [0.25, 0.3) is 0 Å². The molecule has 0 fully saturated rings. The number of nitrogens with zero attached hydrogens (tertiary/aromatic N) is 3. The van der Waals surface area contributed by atoms with Crippen LogP contribution in [0.1, 0.15) is 119 Å². The van der Waals surface area contributed by atoms with Crippen molar-refractivity contribution in [2.45, 2.75) is 107 Å². The second-order valence-electron chi connectivity index (χ2n) is 10.8. The van der Waals surface area contributed by atoms with E-state index in [2.05, 4.69) is 95.3 Å². The second-order valence-corrected chi connectivity index (χ2v) is 10.8. The molecule has 0 aliphatic carbocycles. The minimum Gasteiger partial charge on any atom is -0.355 e. The molecule has 1 radical (unpaired) electrons. The third kappa shape index (κ3) is 5.16. The summed E-state index contributed by atoms with van der Waals surface area (Å²) >= 11 is 0. The Morgan fingerprint density at radius 1 is 0.610 bits per heavy atom. The van der Waals surface area contributed by atoms with Crippen LogP contribution < -0.4 is 0 Å². The largest absolute Gasteiger partial charge is 0.355 e. The van der Waals surface area contributed by atoms with E-state index >= 15 is 0 Å². The molecule has 5 heterocycles. The summed E-state index contributed by atoms with van der Waals surface area (Å²) in [5.74, 6) is 0. The Morgan fingerprint density at radius 3 is 1.73 bits per heavy atom. The van der Waals surface area contributed by atoms with Crippen LogP contribution in [0.15, 0.2) is 18.2 Å². The molecule has 8 bridgehead atoms. The van der Waals surface area contributed by atoms with Crippen LogP contribution in [0.3, 0.4) is 0 Å². The van der Waals surface area contributed by atoms with Crippen LogP contribution in [-0.4, -0.2) is 19.5 Å². The topological polar surface area (TPSA) is 46.5 Å². The van der Waals surface area contributed by atoms with Crippen molar-refractivity contribution in [1.82, 2.24) is 19.5 Å². The molecule has 1 N–H and O–H groups in total. The van der Waals surface area contributed by atoms with Crippen LogP contribution >= 0.6 is 0 Å². The summed E-state index contributed by atoms with van der Waals surface area (Å²) in [7, 11) is 0. The standard InChI is InChI=1S/C36H46N4.Co/c1-9-22-19-25-20-23-17-18-24(37-23)21-32-26(10-2)29(13-5)36(40(32)16-8)31(15-7)35-28(12-4)27(11-3)34(39-35)30(14-6)33(22)38-25;/h17-21,38H,9-16H2,1-8H3;. The number of hydrogen-bond acceptors (Lipinski definition) is 2. The zero-order valence-electron chi connectivity index (χ0n) is 26.2. The van der Waals surface area contributed by atoms with Gasteiger partial charge in [0.1, 0.15) is 0 Å². The molecule has 0 atom stereocenters. The van der Waals surface area contributed by atoms with Crippen LogP contribution in [0.25, 0.3) is 45.4 Å². The maximum absolute atomic E-state index is 5.61. The molecule has 3 aromatic rings. The van der Waals surface area contributed by atoms with Gasteiger partial charge in [0.05, 0.1) is 28.3 Å². The maximum atomic E-state index is 5.61. The third-order valence-electron chi connectivity index (χ3n) is 8.85. The summed E-state index contributed by atoms with van der Waals surface area (Å²) in [5, 5.41) is 0. The number of aromatic amines is 1. The SMILES string of the molecule is CCC1=C(CC)c2nc1c(CC)c1[nH]c(cc3nc(cc4c(CC)c(CC)c(c2CC)n4CC)C=C3)cc1CC.[Co]. The van der Waals surface area contributed by atoms with Gasteiger partial charge in [-0.1, -0.05) is 48.5 Å². The number of rotatable bonds is 8. The van der Waals surface area contributed by atoms with E-state index in [9.17, 15) is 0 Å². The number of aromatic nitrogens is 4. The molecule has 3 aromatic heterocycles. The van der Waals surface area contributed by atoms with Crippen molar-refractivity contribution in [3.05, 3.63) is 68.8 Å². The molecule has 0 unspecified atom stereocenters. The van der Waals surface area contributed by atoms with Crippen LogP contribution in [0.2, 0.25) is 0 Å². The summed E-state index contributed by atoms with van der Waals surface area (Å²) < 4.78 is 2.55. The second kappa shape index (κ2) is 13.0. The average molecular weight is 594 g/mol. The van der Waals surface area contributed by atoms with Crippen LogP contribution in [0.4, 0.5) is 0 Å². The van der Waals surface area contributed by atoms with Gasteiger partial charge in [-0.25, -0.2) is 9.97 Å². The fraction of sp³-hybridized carbons (Fsp3) is 0.444. The van der Waals surface area contributed by atoms with Gasteiger partial charge in [0.2, 0.25) is 0 Å². The Kier molecular flexibility index (Phi) is 9.81. The first kappa shape index (κ1) is 31.1. The average Bonchev–Trinajstić information content (AvgIpc) is 3.73. The van der Waals surface area contributed by atoms with E-state index in [0.29, 0.717) is 0 Å². The van der Waals surface area contributed by atoms with Gasteiger partial charge in [0.15, 0.2) is 0 Å². The summed E-state index contributed by atoms with van der Waals surface area (Å²) in [6, 6.07) is 6.80. The predicted molar refractivity (Wildman–Crippen MR) is 174 cm³/mol. The zero-order valence-corrected chi connectivity index (χ0v) is 27.3. The molecule has 4 nitrogen and oxygen atoms in total. The van der Waals surface area contributed by atoms with E-state index in [4.69, 9.17) is 9.97 Å². The molecule has 0 spiro atoms. The molecular formula is C36H46CoN4. The summed E-state index contributed by atoms with van der Waals surface area (Å²) in [4.78, 5) is 14.4. The van der Waals surface area contributed by atoms with E-state index in [1.807, 2.05) is 0 Å². The molecule has 0 aromatic carbocycles. The van der Waals surface area contributed by atoms with Gasteiger partial charge in [0, 0.05) is 51.0 Å². The first-order chi connectivity index (χ1) is 19.5. The predicted octanol–water partition coefficient (Wildman–Crippen LogP) is 9.52. The smallest absolute Gasteiger partial charge is 0.0725 e. The fourth-order valence-electron chi connectivity index (χ4n) is 7.06. The molecule has 2 aliphatic heterocycles. The molecule has 0 saturated carbocycles. The Balaban J connectivity index is 0.00000387. The van der Waals surface area contributed by atoms with Crippen molar-refractivity contribution in [2.75, 3.05) is 0 Å². The van der Waals surface area contributed by atoms with Crippen molar-refractivity contribution < 1.29 is 16.8 Å². The maximum Gasteiger partial charge on any atom is 0.0725 e. The molecule has 219 valence electrons. The number of hydrogen-bond donors (Lipinski definition) is 1. The van der Waals surface area contributed by atoms with Gasteiger partial charge in [-0.15, -0.1) is 0 Å². The van der Waals surface area contributed by atoms with E-state index in [0.717, 1.165) is 68.4 Å². The van der Waals surface area contributed by atoms with Crippen LogP contribution in [0.5, 0.6) is 0 Å². The Bertz CT molecular complexity index is 1680. The van der Waals surface area contributed by atoms with E-state index < -0.39 is 0 Å². The zero-order chi connectivity index (χ0) is 28.6. The quantitative estimate of drug-likeness (QED) is 0.221. The minimum absolute atomic E-state index is 0. The van der Waals surface area contributed by atoms with E-state index in [-0.39, 0.29) is 16.8 Å². The minimum atomic E-state index is 0. The fourth-order valence-corrected chi connectivity index (χ4v) is 7.06. The van der Waals surface area contributed by atoms with Crippen molar-refractivity contribution in [1.29, 1.82) is 0 Å². The number of aryl methyl sites for hydroxylation is 6.